The van der Waals surface area contributed by atoms with Crippen LogP contribution in [0.1, 0.15) is 25.3 Å². The maximum Gasteiger partial charge on any atom is 0.261 e. The average Bonchev–Trinajstić information content (AvgIpc) is 3.48. The summed E-state index contributed by atoms with van der Waals surface area (Å²) in [5.74, 6) is 0.178. The van der Waals surface area contributed by atoms with Crippen molar-refractivity contribution < 1.29 is 13.2 Å². The SMILES string of the molecule is Cc1ccc(Cl)cc1NS(=O)(=O)c1ccc2c(c1)N(C(=O)C1CC1)CC(C)S2. The molecule has 1 N–H and O–H groups in total. The number of amides is 1. The summed E-state index contributed by atoms with van der Waals surface area (Å²) >= 11 is 7.67. The van der Waals surface area contributed by atoms with E-state index < -0.39 is 10.0 Å². The number of fused-ring (bicyclic) bond motifs is 1. The fourth-order valence-electron chi connectivity index (χ4n) is 3.25. The van der Waals surface area contributed by atoms with E-state index >= 15 is 0 Å². The molecule has 1 heterocycles. The van der Waals surface area contributed by atoms with Gasteiger partial charge in [0.2, 0.25) is 5.91 Å². The Labute approximate surface area is 174 Å². The highest BCUT2D eigenvalue weighted by atomic mass is 35.5. The van der Waals surface area contributed by atoms with Gasteiger partial charge in [-0.05, 0) is 55.7 Å². The smallest absolute Gasteiger partial charge is 0.261 e. The fourth-order valence-corrected chi connectivity index (χ4v) is 5.66. The Kier molecular flexibility index (Phi) is 5.10. The minimum absolute atomic E-state index is 0.0793. The van der Waals surface area contributed by atoms with Crippen molar-refractivity contribution in [2.45, 2.75) is 41.7 Å². The van der Waals surface area contributed by atoms with Crippen molar-refractivity contribution >= 4 is 50.7 Å². The van der Waals surface area contributed by atoms with Gasteiger partial charge in [-0.25, -0.2) is 8.42 Å². The molecule has 0 bridgehead atoms. The molecule has 0 aromatic heterocycles. The molecular weight excluding hydrogens is 416 g/mol. The van der Waals surface area contributed by atoms with Crippen molar-refractivity contribution in [1.29, 1.82) is 0 Å². The lowest BCUT2D eigenvalue weighted by atomic mass is 10.2. The first-order valence-electron chi connectivity index (χ1n) is 9.15. The normalized spacial score (nSPS) is 19.2. The molecule has 4 rings (SSSR count). The first kappa shape index (κ1) is 19.6. The van der Waals surface area contributed by atoms with E-state index in [0.717, 1.165) is 23.3 Å². The third-order valence-electron chi connectivity index (χ3n) is 4.94. The van der Waals surface area contributed by atoms with Crippen molar-refractivity contribution in [3.8, 4) is 0 Å². The van der Waals surface area contributed by atoms with Crippen LogP contribution < -0.4 is 9.62 Å². The minimum atomic E-state index is -3.81. The number of anilines is 2. The molecule has 1 amide bonds. The van der Waals surface area contributed by atoms with Gasteiger partial charge in [-0.15, -0.1) is 11.8 Å². The maximum absolute atomic E-state index is 13.0. The molecule has 1 fully saturated rings. The van der Waals surface area contributed by atoms with Crippen LogP contribution in [0.3, 0.4) is 0 Å². The number of hydrogen-bond acceptors (Lipinski definition) is 4. The number of thioether (sulfide) groups is 1. The number of sulfonamides is 1. The number of benzene rings is 2. The molecule has 148 valence electrons. The van der Waals surface area contributed by atoms with Crippen molar-refractivity contribution in [1.82, 2.24) is 0 Å². The number of carbonyl (C=O) groups is 1. The highest BCUT2D eigenvalue weighted by Gasteiger charge is 2.37. The van der Waals surface area contributed by atoms with Gasteiger partial charge in [0.1, 0.15) is 0 Å². The topological polar surface area (TPSA) is 66.5 Å². The molecule has 1 aliphatic carbocycles. The van der Waals surface area contributed by atoms with Gasteiger partial charge < -0.3 is 4.90 Å². The summed E-state index contributed by atoms with van der Waals surface area (Å²) in [6, 6.07) is 10.1. The Bertz CT molecular complexity index is 1050. The fraction of sp³-hybridized carbons (Fsp3) is 0.350. The van der Waals surface area contributed by atoms with Crippen LogP contribution in [-0.2, 0) is 14.8 Å². The largest absolute Gasteiger partial charge is 0.310 e. The summed E-state index contributed by atoms with van der Waals surface area (Å²) in [5, 5.41) is 0.727. The molecular formula is C20H21ClN2O3S2. The molecule has 0 spiro atoms. The van der Waals surface area contributed by atoms with Crippen LogP contribution in [0.15, 0.2) is 46.2 Å². The highest BCUT2D eigenvalue weighted by Crippen LogP contribution is 2.42. The molecule has 0 saturated heterocycles. The van der Waals surface area contributed by atoms with E-state index in [0.29, 0.717) is 22.9 Å². The molecule has 5 nitrogen and oxygen atoms in total. The Hall–Kier alpha value is -1.70. The predicted molar refractivity (Wildman–Crippen MR) is 114 cm³/mol. The van der Waals surface area contributed by atoms with Crippen LogP contribution >= 0.6 is 23.4 Å². The Morgan fingerprint density at radius 1 is 1.21 bits per heavy atom. The molecule has 2 aromatic carbocycles. The zero-order valence-corrected chi connectivity index (χ0v) is 18.0. The van der Waals surface area contributed by atoms with Gasteiger partial charge in [0, 0.05) is 27.6 Å². The summed E-state index contributed by atoms with van der Waals surface area (Å²) < 4.78 is 28.6. The zero-order valence-electron chi connectivity index (χ0n) is 15.6. The van der Waals surface area contributed by atoms with Crippen LogP contribution in [0, 0.1) is 12.8 Å². The molecule has 1 aliphatic heterocycles. The second kappa shape index (κ2) is 7.28. The average molecular weight is 437 g/mol. The monoisotopic (exact) mass is 436 g/mol. The molecule has 0 radical (unpaired) electrons. The van der Waals surface area contributed by atoms with Gasteiger partial charge in [0.25, 0.3) is 10.0 Å². The van der Waals surface area contributed by atoms with E-state index in [2.05, 4.69) is 11.6 Å². The van der Waals surface area contributed by atoms with Crippen LogP contribution in [-0.4, -0.2) is 26.1 Å². The summed E-state index contributed by atoms with van der Waals surface area (Å²) in [6.07, 6.45) is 1.83. The standard InChI is InChI=1S/C20H21ClN2O3S2/c1-12-3-6-15(21)9-17(12)22-28(25,26)16-7-8-19-18(10-16)23(11-13(2)27-19)20(24)14-4-5-14/h3,6-10,13-14,22H,4-5,11H2,1-2H3. The first-order valence-corrected chi connectivity index (χ1v) is 11.9. The van der Waals surface area contributed by atoms with Gasteiger partial charge in [0.05, 0.1) is 16.3 Å². The molecule has 8 heteroatoms. The van der Waals surface area contributed by atoms with E-state index in [1.807, 2.05) is 6.92 Å². The number of nitrogens with zero attached hydrogens (tertiary/aromatic N) is 1. The second-order valence-corrected chi connectivity index (χ2v) is 10.9. The van der Waals surface area contributed by atoms with Crippen molar-refractivity contribution in [2.24, 2.45) is 5.92 Å². The van der Waals surface area contributed by atoms with E-state index in [4.69, 9.17) is 11.6 Å². The summed E-state index contributed by atoms with van der Waals surface area (Å²) in [6.45, 7) is 4.49. The quantitative estimate of drug-likeness (QED) is 0.755. The zero-order chi connectivity index (χ0) is 20.1. The number of rotatable bonds is 4. The first-order chi connectivity index (χ1) is 13.2. The molecule has 2 aliphatic rings. The van der Waals surface area contributed by atoms with E-state index in [1.165, 1.54) is 0 Å². The second-order valence-electron chi connectivity index (χ2n) is 7.35. The molecule has 1 atom stereocenters. The third-order valence-corrected chi connectivity index (χ3v) is 7.68. The number of nitrogens with one attached hydrogen (secondary N) is 1. The molecule has 1 unspecified atom stereocenters. The minimum Gasteiger partial charge on any atom is -0.310 e. The number of carbonyl (C=O) groups excluding carboxylic acids is 1. The van der Waals surface area contributed by atoms with E-state index in [9.17, 15) is 13.2 Å². The third kappa shape index (κ3) is 3.88. The predicted octanol–water partition coefficient (Wildman–Crippen LogP) is 4.69. The lowest BCUT2D eigenvalue weighted by Crippen LogP contribution is -2.39. The Morgan fingerprint density at radius 2 is 1.96 bits per heavy atom. The maximum atomic E-state index is 13.0. The van der Waals surface area contributed by atoms with Crippen molar-refractivity contribution in [3.63, 3.8) is 0 Å². The van der Waals surface area contributed by atoms with Crippen LogP contribution in [0.25, 0.3) is 0 Å². The lowest BCUT2D eigenvalue weighted by Gasteiger charge is -2.33. The van der Waals surface area contributed by atoms with Gasteiger partial charge in [0.15, 0.2) is 0 Å². The van der Waals surface area contributed by atoms with Gasteiger partial charge in [-0.2, -0.15) is 0 Å². The summed E-state index contributed by atoms with van der Waals surface area (Å²) in [7, 11) is -3.81. The van der Waals surface area contributed by atoms with E-state index in [1.54, 1.807) is 53.1 Å². The molecule has 1 saturated carbocycles. The van der Waals surface area contributed by atoms with Gasteiger partial charge >= 0.3 is 0 Å². The lowest BCUT2D eigenvalue weighted by molar-refractivity contribution is -0.119. The van der Waals surface area contributed by atoms with Crippen LogP contribution in [0.5, 0.6) is 0 Å². The number of aryl methyl sites for hydroxylation is 1. The number of halogens is 1. The van der Waals surface area contributed by atoms with Crippen LogP contribution in [0.2, 0.25) is 5.02 Å². The van der Waals surface area contributed by atoms with Crippen LogP contribution in [0.4, 0.5) is 11.4 Å². The Balaban J connectivity index is 1.70. The van der Waals surface area contributed by atoms with Gasteiger partial charge in [-0.1, -0.05) is 24.6 Å². The van der Waals surface area contributed by atoms with Crippen molar-refractivity contribution in [3.05, 3.63) is 47.0 Å². The summed E-state index contributed by atoms with van der Waals surface area (Å²) in [4.78, 5) is 15.6. The van der Waals surface area contributed by atoms with E-state index in [-0.39, 0.29) is 22.0 Å². The molecule has 2 aromatic rings. The van der Waals surface area contributed by atoms with Gasteiger partial charge in [-0.3, -0.25) is 9.52 Å². The highest BCUT2D eigenvalue weighted by molar-refractivity contribution is 8.00. The molecule has 28 heavy (non-hydrogen) atoms. The van der Waals surface area contributed by atoms with Crippen molar-refractivity contribution in [2.75, 3.05) is 16.2 Å². The number of hydrogen-bond donors (Lipinski definition) is 1. The Morgan fingerprint density at radius 3 is 2.68 bits per heavy atom. The summed E-state index contributed by atoms with van der Waals surface area (Å²) in [5.41, 5.74) is 1.91.